The third-order valence-corrected chi connectivity index (χ3v) is 2.56. The Kier molecular flexibility index (Phi) is 4.06. The van der Waals surface area contributed by atoms with Crippen LogP contribution in [0, 0.1) is 11.8 Å². The monoisotopic (exact) mass is 249 g/mol. The van der Waals surface area contributed by atoms with Gasteiger partial charge in [0.15, 0.2) is 0 Å². The molecule has 2 atom stereocenters. The molecule has 6 heteroatoms. The second kappa shape index (κ2) is 4.98. The minimum Gasteiger partial charge on any atom is -0.444 e. The topological polar surface area (TPSA) is 46.6 Å². The van der Waals surface area contributed by atoms with E-state index in [1.807, 2.05) is 0 Å². The summed E-state index contributed by atoms with van der Waals surface area (Å²) in [5.74, 6) is -1.89. The van der Waals surface area contributed by atoms with Gasteiger partial charge in [-0.2, -0.15) is 0 Å². The number of hydrogen-bond donors (Lipinski definition) is 0. The number of nitrogens with zero attached hydrogens (tertiary/aromatic N) is 1. The van der Waals surface area contributed by atoms with Crippen LogP contribution < -0.4 is 0 Å². The van der Waals surface area contributed by atoms with Crippen LogP contribution in [0.1, 0.15) is 20.8 Å². The number of amides is 1. The Morgan fingerprint density at radius 2 is 2.00 bits per heavy atom. The maximum atomic E-state index is 12.6. The van der Waals surface area contributed by atoms with Gasteiger partial charge in [0.25, 0.3) is 0 Å². The zero-order valence-electron chi connectivity index (χ0n) is 10.2. The van der Waals surface area contributed by atoms with Crippen molar-refractivity contribution in [3.8, 4) is 0 Å². The highest BCUT2D eigenvalue weighted by atomic mass is 19.3. The number of aldehydes is 1. The van der Waals surface area contributed by atoms with Crippen LogP contribution in [0.25, 0.3) is 0 Å². The second-order valence-corrected chi connectivity index (χ2v) is 5.18. The van der Waals surface area contributed by atoms with Crippen molar-refractivity contribution < 1.29 is 23.1 Å². The molecule has 0 aromatic heterocycles. The summed E-state index contributed by atoms with van der Waals surface area (Å²) in [4.78, 5) is 23.5. The minimum atomic E-state index is -2.60. The van der Waals surface area contributed by atoms with Crippen LogP contribution in [0.2, 0.25) is 0 Å². The van der Waals surface area contributed by atoms with Gasteiger partial charge in [-0.15, -0.1) is 0 Å². The predicted molar refractivity (Wildman–Crippen MR) is 56.9 cm³/mol. The maximum absolute atomic E-state index is 12.6. The van der Waals surface area contributed by atoms with E-state index in [4.69, 9.17) is 4.74 Å². The van der Waals surface area contributed by atoms with E-state index in [-0.39, 0.29) is 13.1 Å². The van der Waals surface area contributed by atoms with Crippen molar-refractivity contribution in [1.82, 2.24) is 4.90 Å². The Hall–Kier alpha value is -1.20. The van der Waals surface area contributed by atoms with Crippen LogP contribution in [-0.4, -0.2) is 42.4 Å². The first-order valence-electron chi connectivity index (χ1n) is 5.46. The molecule has 0 radical (unpaired) electrons. The highest BCUT2D eigenvalue weighted by Crippen LogP contribution is 2.28. The summed E-state index contributed by atoms with van der Waals surface area (Å²) in [5.41, 5.74) is -0.670. The van der Waals surface area contributed by atoms with Crippen LogP contribution in [-0.2, 0) is 9.53 Å². The fraction of sp³-hybridized carbons (Fsp3) is 0.818. The van der Waals surface area contributed by atoms with Crippen molar-refractivity contribution in [3.05, 3.63) is 0 Å². The lowest BCUT2D eigenvalue weighted by molar-refractivity contribution is -0.113. The Morgan fingerprint density at radius 3 is 2.35 bits per heavy atom. The quantitative estimate of drug-likeness (QED) is 0.702. The van der Waals surface area contributed by atoms with Crippen LogP contribution in [0.5, 0.6) is 0 Å². The summed E-state index contributed by atoms with van der Waals surface area (Å²) in [5, 5.41) is 0. The molecule has 1 amide bonds. The van der Waals surface area contributed by atoms with E-state index < -0.39 is 30.0 Å². The first-order valence-corrected chi connectivity index (χ1v) is 5.46. The van der Waals surface area contributed by atoms with E-state index in [1.165, 1.54) is 4.90 Å². The number of ether oxygens (including phenoxy) is 1. The van der Waals surface area contributed by atoms with Gasteiger partial charge in [-0.05, 0) is 20.8 Å². The van der Waals surface area contributed by atoms with E-state index in [0.717, 1.165) is 0 Å². The van der Waals surface area contributed by atoms with E-state index in [1.54, 1.807) is 20.8 Å². The van der Waals surface area contributed by atoms with Crippen LogP contribution in [0.3, 0.4) is 0 Å². The Morgan fingerprint density at radius 1 is 1.41 bits per heavy atom. The van der Waals surface area contributed by atoms with Crippen molar-refractivity contribution >= 4 is 12.4 Å². The number of hydrogen-bond acceptors (Lipinski definition) is 3. The lowest BCUT2D eigenvalue weighted by atomic mass is 9.98. The molecule has 0 aliphatic carbocycles. The van der Waals surface area contributed by atoms with Gasteiger partial charge in [-0.1, -0.05) is 0 Å². The van der Waals surface area contributed by atoms with Crippen molar-refractivity contribution in [1.29, 1.82) is 0 Å². The highest BCUT2D eigenvalue weighted by Gasteiger charge is 2.41. The molecule has 0 unspecified atom stereocenters. The van der Waals surface area contributed by atoms with E-state index in [2.05, 4.69) is 0 Å². The molecule has 0 aromatic carbocycles. The summed E-state index contributed by atoms with van der Waals surface area (Å²) in [6.07, 6.45) is -2.76. The van der Waals surface area contributed by atoms with Crippen molar-refractivity contribution in [2.24, 2.45) is 11.8 Å². The van der Waals surface area contributed by atoms with Gasteiger partial charge in [0.1, 0.15) is 11.9 Å². The molecule has 0 N–H and O–H groups in total. The van der Waals surface area contributed by atoms with Crippen molar-refractivity contribution in [3.63, 3.8) is 0 Å². The molecular formula is C11H17F2NO3. The molecule has 17 heavy (non-hydrogen) atoms. The molecule has 1 aliphatic heterocycles. The van der Waals surface area contributed by atoms with E-state index in [0.29, 0.717) is 6.29 Å². The zero-order chi connectivity index (χ0) is 13.2. The van der Waals surface area contributed by atoms with Gasteiger partial charge in [0.2, 0.25) is 6.43 Å². The third-order valence-electron chi connectivity index (χ3n) is 2.56. The normalized spacial score (nSPS) is 25.2. The van der Waals surface area contributed by atoms with Crippen LogP contribution >= 0.6 is 0 Å². The summed E-state index contributed by atoms with van der Waals surface area (Å²) in [6.45, 7) is 4.97. The van der Waals surface area contributed by atoms with Gasteiger partial charge in [-0.3, -0.25) is 0 Å². The Balaban J connectivity index is 2.64. The number of alkyl halides is 2. The molecule has 4 nitrogen and oxygen atoms in total. The predicted octanol–water partition coefficient (Wildman–Crippen LogP) is 1.93. The molecule has 1 rings (SSSR count). The van der Waals surface area contributed by atoms with Gasteiger partial charge in [0.05, 0.1) is 0 Å². The first-order chi connectivity index (χ1) is 7.74. The summed E-state index contributed by atoms with van der Waals surface area (Å²) < 4.78 is 30.3. The Labute approximate surface area is 98.9 Å². The van der Waals surface area contributed by atoms with Gasteiger partial charge < -0.3 is 14.4 Å². The number of rotatable bonds is 2. The SMILES string of the molecule is CC(C)(C)OC(=O)N1C[C@H](C=O)[C@H](C(F)F)C1. The average molecular weight is 249 g/mol. The number of carbonyl (C=O) groups excluding carboxylic acids is 2. The van der Waals surface area contributed by atoms with Gasteiger partial charge in [0, 0.05) is 24.9 Å². The molecule has 0 aromatic rings. The lowest BCUT2D eigenvalue weighted by Crippen LogP contribution is -2.35. The van der Waals surface area contributed by atoms with Crippen molar-refractivity contribution in [2.75, 3.05) is 13.1 Å². The molecule has 1 fully saturated rings. The maximum Gasteiger partial charge on any atom is 0.410 e. The van der Waals surface area contributed by atoms with Crippen LogP contribution in [0.4, 0.5) is 13.6 Å². The molecule has 0 saturated carbocycles. The smallest absolute Gasteiger partial charge is 0.410 e. The molecule has 1 aliphatic rings. The molecular weight excluding hydrogens is 232 g/mol. The lowest BCUT2D eigenvalue weighted by Gasteiger charge is -2.24. The Bertz CT molecular complexity index is 302. The molecule has 1 saturated heterocycles. The van der Waals surface area contributed by atoms with Gasteiger partial charge in [-0.25, -0.2) is 13.6 Å². The standard InChI is InChI=1S/C11H17F2NO3/c1-11(2,3)17-10(16)14-4-7(6-15)8(5-14)9(12)13/h6-9H,4-5H2,1-3H3/t7-,8-/m1/s1. The third kappa shape index (κ3) is 3.64. The highest BCUT2D eigenvalue weighted by molar-refractivity contribution is 5.70. The minimum absolute atomic E-state index is 0.00736. The number of halogens is 2. The van der Waals surface area contributed by atoms with E-state index >= 15 is 0 Å². The average Bonchev–Trinajstić information content (AvgIpc) is 2.58. The number of carbonyl (C=O) groups is 2. The largest absolute Gasteiger partial charge is 0.444 e. The summed E-state index contributed by atoms with van der Waals surface area (Å²) in [6, 6.07) is 0. The fourth-order valence-electron chi connectivity index (χ4n) is 1.74. The molecule has 1 heterocycles. The number of likely N-dealkylation sites (tertiary alicyclic amines) is 1. The molecule has 98 valence electrons. The van der Waals surface area contributed by atoms with Crippen LogP contribution in [0.15, 0.2) is 0 Å². The van der Waals surface area contributed by atoms with Gasteiger partial charge >= 0.3 is 6.09 Å². The molecule has 0 spiro atoms. The van der Waals surface area contributed by atoms with Crippen molar-refractivity contribution in [2.45, 2.75) is 32.8 Å². The summed E-state index contributed by atoms with van der Waals surface area (Å²) in [7, 11) is 0. The first kappa shape index (κ1) is 13.9. The summed E-state index contributed by atoms with van der Waals surface area (Å²) >= 11 is 0. The zero-order valence-corrected chi connectivity index (χ0v) is 10.2. The fourth-order valence-corrected chi connectivity index (χ4v) is 1.74. The second-order valence-electron chi connectivity index (χ2n) is 5.18. The van der Waals surface area contributed by atoms with E-state index in [9.17, 15) is 18.4 Å². The molecule has 0 bridgehead atoms.